The van der Waals surface area contributed by atoms with E-state index in [-0.39, 0.29) is 12.5 Å². The number of hydrogen-bond donors (Lipinski definition) is 2. The van der Waals surface area contributed by atoms with Crippen LogP contribution in [0.5, 0.6) is 5.75 Å². The monoisotopic (exact) mass is 265 g/mol. The summed E-state index contributed by atoms with van der Waals surface area (Å²) in [6.45, 7) is 6.17. The molecule has 0 bridgehead atoms. The Morgan fingerprint density at radius 3 is 2.42 bits per heavy atom. The SMILES string of the molecule is CCc1ccc(C(C)C)c(C(CN)C(=O)O)c1OC. The molecule has 1 unspecified atom stereocenters. The Morgan fingerprint density at radius 2 is 2.05 bits per heavy atom. The standard InChI is InChI=1S/C15H23NO3/c1-5-10-6-7-11(9(2)3)13(14(10)19-4)12(8-16)15(17)18/h6-7,9,12H,5,8,16H2,1-4H3,(H,17,18). The second-order valence-electron chi connectivity index (χ2n) is 4.90. The van der Waals surface area contributed by atoms with E-state index in [1.54, 1.807) is 7.11 Å². The lowest BCUT2D eigenvalue weighted by molar-refractivity contribution is -0.138. The van der Waals surface area contributed by atoms with E-state index in [0.717, 1.165) is 23.1 Å². The summed E-state index contributed by atoms with van der Waals surface area (Å²) in [5.74, 6) is -0.732. The van der Waals surface area contributed by atoms with Crippen molar-refractivity contribution in [3.05, 3.63) is 28.8 Å². The highest BCUT2D eigenvalue weighted by atomic mass is 16.5. The summed E-state index contributed by atoms with van der Waals surface area (Å²) in [5, 5.41) is 9.38. The van der Waals surface area contributed by atoms with Crippen molar-refractivity contribution < 1.29 is 14.6 Å². The molecular weight excluding hydrogens is 242 g/mol. The fourth-order valence-corrected chi connectivity index (χ4v) is 2.38. The first-order valence-electron chi connectivity index (χ1n) is 6.60. The van der Waals surface area contributed by atoms with Crippen LogP contribution in [0.4, 0.5) is 0 Å². The molecule has 4 nitrogen and oxygen atoms in total. The molecule has 4 heteroatoms. The topological polar surface area (TPSA) is 72.6 Å². The molecule has 0 aromatic heterocycles. The molecule has 106 valence electrons. The van der Waals surface area contributed by atoms with Gasteiger partial charge in [0, 0.05) is 12.1 Å². The highest BCUT2D eigenvalue weighted by molar-refractivity contribution is 5.79. The van der Waals surface area contributed by atoms with Gasteiger partial charge in [-0.1, -0.05) is 32.9 Å². The van der Waals surface area contributed by atoms with Crippen LogP contribution in [0.3, 0.4) is 0 Å². The molecule has 0 aliphatic heterocycles. The first-order valence-corrected chi connectivity index (χ1v) is 6.60. The van der Waals surface area contributed by atoms with E-state index in [2.05, 4.69) is 0 Å². The number of ether oxygens (including phenoxy) is 1. The zero-order chi connectivity index (χ0) is 14.6. The maximum Gasteiger partial charge on any atom is 0.312 e. The van der Waals surface area contributed by atoms with Gasteiger partial charge in [0.25, 0.3) is 0 Å². The van der Waals surface area contributed by atoms with E-state index in [1.165, 1.54) is 0 Å². The third-order valence-electron chi connectivity index (χ3n) is 3.40. The van der Waals surface area contributed by atoms with Crippen LogP contribution >= 0.6 is 0 Å². The lowest BCUT2D eigenvalue weighted by Gasteiger charge is -2.23. The Kier molecular flexibility index (Phi) is 5.36. The Hall–Kier alpha value is -1.55. The van der Waals surface area contributed by atoms with E-state index in [4.69, 9.17) is 10.5 Å². The minimum Gasteiger partial charge on any atom is -0.496 e. The number of benzene rings is 1. The van der Waals surface area contributed by atoms with Crippen molar-refractivity contribution in [2.45, 2.75) is 39.0 Å². The molecule has 0 spiro atoms. The number of hydrogen-bond acceptors (Lipinski definition) is 3. The Morgan fingerprint density at radius 1 is 1.42 bits per heavy atom. The lowest BCUT2D eigenvalue weighted by atomic mass is 9.86. The van der Waals surface area contributed by atoms with Gasteiger partial charge >= 0.3 is 5.97 Å². The van der Waals surface area contributed by atoms with Crippen LogP contribution in [-0.2, 0) is 11.2 Å². The van der Waals surface area contributed by atoms with E-state index in [0.29, 0.717) is 5.75 Å². The van der Waals surface area contributed by atoms with Crippen molar-refractivity contribution in [2.24, 2.45) is 5.73 Å². The second-order valence-corrected chi connectivity index (χ2v) is 4.90. The summed E-state index contributed by atoms with van der Waals surface area (Å²) in [4.78, 5) is 11.4. The predicted octanol–water partition coefficient (Wildman–Crippen LogP) is 2.51. The van der Waals surface area contributed by atoms with Crippen molar-refractivity contribution in [1.82, 2.24) is 0 Å². The minimum atomic E-state index is -0.907. The zero-order valence-corrected chi connectivity index (χ0v) is 12.1. The van der Waals surface area contributed by atoms with Gasteiger partial charge in [-0.05, 0) is 23.5 Å². The van der Waals surface area contributed by atoms with E-state index in [1.807, 2.05) is 32.9 Å². The van der Waals surface area contributed by atoms with E-state index < -0.39 is 11.9 Å². The number of carboxylic acid groups (broad SMARTS) is 1. The Labute approximate surface area is 114 Å². The number of carbonyl (C=O) groups is 1. The first-order chi connectivity index (χ1) is 8.97. The maximum absolute atomic E-state index is 11.4. The highest BCUT2D eigenvalue weighted by Crippen LogP contribution is 2.37. The van der Waals surface area contributed by atoms with Crippen molar-refractivity contribution >= 4 is 5.97 Å². The van der Waals surface area contributed by atoms with Gasteiger partial charge in [0.05, 0.1) is 13.0 Å². The zero-order valence-electron chi connectivity index (χ0n) is 12.1. The van der Waals surface area contributed by atoms with Crippen molar-refractivity contribution in [1.29, 1.82) is 0 Å². The van der Waals surface area contributed by atoms with Crippen molar-refractivity contribution in [2.75, 3.05) is 13.7 Å². The molecular formula is C15H23NO3. The molecule has 0 radical (unpaired) electrons. The van der Waals surface area contributed by atoms with Crippen LogP contribution in [0, 0.1) is 0 Å². The van der Waals surface area contributed by atoms with Crippen molar-refractivity contribution in [3.63, 3.8) is 0 Å². The molecule has 0 heterocycles. The number of rotatable bonds is 6. The normalized spacial score (nSPS) is 12.5. The average molecular weight is 265 g/mol. The second kappa shape index (κ2) is 6.57. The van der Waals surface area contributed by atoms with Gasteiger partial charge in [0.1, 0.15) is 5.75 Å². The van der Waals surface area contributed by atoms with Gasteiger partial charge < -0.3 is 15.6 Å². The molecule has 0 saturated heterocycles. The summed E-state index contributed by atoms with van der Waals surface area (Å²) in [7, 11) is 1.58. The predicted molar refractivity (Wildman–Crippen MR) is 75.9 cm³/mol. The summed E-state index contributed by atoms with van der Waals surface area (Å²) in [6.07, 6.45) is 0.797. The minimum absolute atomic E-state index is 0.0680. The molecule has 0 saturated carbocycles. The molecule has 0 fully saturated rings. The fraction of sp³-hybridized carbons (Fsp3) is 0.533. The van der Waals surface area contributed by atoms with Gasteiger partial charge in [-0.25, -0.2) is 0 Å². The van der Waals surface area contributed by atoms with Crippen LogP contribution < -0.4 is 10.5 Å². The number of carboxylic acids is 1. The van der Waals surface area contributed by atoms with Gasteiger partial charge in [-0.15, -0.1) is 0 Å². The quantitative estimate of drug-likeness (QED) is 0.829. The summed E-state index contributed by atoms with van der Waals surface area (Å²) in [5.41, 5.74) is 8.39. The van der Waals surface area contributed by atoms with E-state index in [9.17, 15) is 9.90 Å². The Bertz CT molecular complexity index is 455. The largest absolute Gasteiger partial charge is 0.496 e. The average Bonchev–Trinajstić information content (AvgIpc) is 2.37. The molecule has 1 aromatic rings. The van der Waals surface area contributed by atoms with Crippen LogP contribution in [0.2, 0.25) is 0 Å². The molecule has 3 N–H and O–H groups in total. The summed E-state index contributed by atoms with van der Waals surface area (Å²) >= 11 is 0. The molecule has 1 rings (SSSR count). The third kappa shape index (κ3) is 3.07. The molecule has 1 aromatic carbocycles. The third-order valence-corrected chi connectivity index (χ3v) is 3.40. The molecule has 19 heavy (non-hydrogen) atoms. The molecule has 1 atom stereocenters. The smallest absolute Gasteiger partial charge is 0.312 e. The highest BCUT2D eigenvalue weighted by Gasteiger charge is 2.27. The summed E-state index contributed by atoms with van der Waals surface area (Å²) in [6, 6.07) is 4.00. The Balaban J connectivity index is 3.57. The number of methoxy groups -OCH3 is 1. The lowest BCUT2D eigenvalue weighted by Crippen LogP contribution is -2.23. The van der Waals surface area contributed by atoms with Crippen LogP contribution in [0.1, 0.15) is 49.3 Å². The number of nitrogens with two attached hydrogens (primary N) is 1. The van der Waals surface area contributed by atoms with Gasteiger partial charge in [0.2, 0.25) is 0 Å². The van der Waals surface area contributed by atoms with Gasteiger partial charge in [-0.3, -0.25) is 4.79 Å². The molecule has 0 aliphatic carbocycles. The van der Waals surface area contributed by atoms with Crippen LogP contribution in [-0.4, -0.2) is 24.7 Å². The number of aliphatic carboxylic acids is 1. The fourth-order valence-electron chi connectivity index (χ4n) is 2.38. The maximum atomic E-state index is 11.4. The van der Waals surface area contributed by atoms with Crippen LogP contribution in [0.25, 0.3) is 0 Å². The van der Waals surface area contributed by atoms with Crippen LogP contribution in [0.15, 0.2) is 12.1 Å². The molecule has 0 aliphatic rings. The van der Waals surface area contributed by atoms with Gasteiger partial charge in [-0.2, -0.15) is 0 Å². The first kappa shape index (κ1) is 15.5. The van der Waals surface area contributed by atoms with Crippen molar-refractivity contribution in [3.8, 4) is 5.75 Å². The number of aryl methyl sites for hydroxylation is 1. The summed E-state index contributed by atoms with van der Waals surface area (Å²) < 4.78 is 5.47. The van der Waals surface area contributed by atoms with E-state index >= 15 is 0 Å². The molecule has 0 amide bonds. The van der Waals surface area contributed by atoms with Gasteiger partial charge in [0.15, 0.2) is 0 Å².